The van der Waals surface area contributed by atoms with E-state index in [0.29, 0.717) is 15.1 Å². The zero-order valence-electron chi connectivity index (χ0n) is 15.9. The zero-order chi connectivity index (χ0) is 21.6. The van der Waals surface area contributed by atoms with Crippen LogP contribution in [0.1, 0.15) is 0 Å². The molecule has 0 unspecified atom stereocenters. The first-order chi connectivity index (χ1) is 15.1. The van der Waals surface area contributed by atoms with Crippen LogP contribution >= 0.6 is 70.1 Å². The minimum absolute atomic E-state index is 0.709. The molecule has 0 radical (unpaired) electrons. The maximum absolute atomic E-state index is 6.09. The normalized spacial score (nSPS) is 10.8. The van der Waals surface area contributed by atoms with E-state index >= 15 is 0 Å². The molecule has 0 atom stereocenters. The van der Waals surface area contributed by atoms with Gasteiger partial charge in [0, 0.05) is 42.1 Å². The molecule has 0 saturated heterocycles. The summed E-state index contributed by atoms with van der Waals surface area (Å²) < 4.78 is 2.97. The van der Waals surface area contributed by atoms with Crippen LogP contribution in [0.3, 0.4) is 0 Å². The van der Waals surface area contributed by atoms with Crippen LogP contribution in [0.4, 0.5) is 0 Å². The summed E-state index contributed by atoms with van der Waals surface area (Å²) in [4.78, 5) is 3.24. The predicted molar refractivity (Wildman–Crippen MR) is 137 cm³/mol. The summed E-state index contributed by atoms with van der Waals surface area (Å²) in [6.07, 6.45) is 3.73. The Morgan fingerprint density at radius 2 is 1.03 bits per heavy atom. The van der Waals surface area contributed by atoms with Gasteiger partial charge in [-0.25, -0.2) is 4.68 Å². The van der Waals surface area contributed by atoms with E-state index in [0.717, 1.165) is 24.0 Å². The molecule has 0 aliphatic carbocycles. The topological polar surface area (TPSA) is 17.8 Å². The van der Waals surface area contributed by atoms with Gasteiger partial charge in [0.05, 0.1) is 4.24 Å². The summed E-state index contributed by atoms with van der Waals surface area (Å²) in [5.41, 5.74) is 0. The van der Waals surface area contributed by atoms with Gasteiger partial charge in [-0.05, 0) is 78.9 Å². The first-order valence-corrected chi connectivity index (χ1v) is 12.7. The number of halogens is 3. The largest absolute Gasteiger partial charge is 0.232 e. The molecule has 0 fully saturated rings. The summed E-state index contributed by atoms with van der Waals surface area (Å²) in [5.74, 6) is 0. The van der Waals surface area contributed by atoms with Crippen molar-refractivity contribution in [1.29, 1.82) is 0 Å². The molecular weight excluding hydrogens is 507 g/mol. The van der Waals surface area contributed by atoms with Gasteiger partial charge in [-0.15, -0.1) is 0 Å². The Labute approximate surface area is 209 Å². The second-order valence-corrected chi connectivity index (χ2v) is 11.0. The number of nitrogens with zero attached hydrogens (tertiary/aromatic N) is 2. The van der Waals surface area contributed by atoms with E-state index in [-0.39, 0.29) is 0 Å². The molecule has 4 aromatic rings. The Morgan fingerprint density at radius 1 is 0.613 bits per heavy atom. The first-order valence-electron chi connectivity index (χ1n) is 9.11. The maximum Gasteiger partial charge on any atom is 0.123 e. The van der Waals surface area contributed by atoms with Crippen LogP contribution in [0, 0.1) is 0 Å². The predicted octanol–water partition coefficient (Wildman–Crippen LogP) is 9.30. The average molecular weight is 522 g/mol. The Hall–Kier alpha value is -1.47. The van der Waals surface area contributed by atoms with Crippen LogP contribution in [0.15, 0.2) is 110 Å². The second kappa shape index (κ2) is 10.9. The van der Waals surface area contributed by atoms with Crippen LogP contribution in [0.5, 0.6) is 0 Å². The summed E-state index contributed by atoms with van der Waals surface area (Å²) >= 11 is 23.2. The SMILES string of the molecule is Clc1ccc(SC(Sc2ccc(Cl)cc2)=C(Sc2ccc(Cl)cc2)n2cccn2)cc1. The summed E-state index contributed by atoms with van der Waals surface area (Å²) in [7, 11) is 0. The fourth-order valence-corrected chi connectivity index (χ4v) is 6.25. The lowest BCUT2D eigenvalue weighted by molar-refractivity contribution is 0.926. The fraction of sp³-hybridized carbons (Fsp3) is 0. The summed E-state index contributed by atoms with van der Waals surface area (Å²) in [6, 6.07) is 25.4. The number of hydrogen-bond donors (Lipinski definition) is 0. The van der Waals surface area contributed by atoms with E-state index in [2.05, 4.69) is 5.10 Å². The van der Waals surface area contributed by atoms with Gasteiger partial charge < -0.3 is 0 Å². The van der Waals surface area contributed by atoms with Crippen LogP contribution in [0.2, 0.25) is 15.1 Å². The highest BCUT2D eigenvalue weighted by atomic mass is 35.5. The van der Waals surface area contributed by atoms with Crippen molar-refractivity contribution in [2.45, 2.75) is 14.7 Å². The van der Waals surface area contributed by atoms with Gasteiger partial charge in [0.1, 0.15) is 5.03 Å². The van der Waals surface area contributed by atoms with Gasteiger partial charge in [0.25, 0.3) is 0 Å². The Balaban J connectivity index is 1.78. The second-order valence-electron chi connectivity index (χ2n) is 6.21. The standard InChI is InChI=1S/C23H15Cl3N2S3/c24-16-2-8-19(9-3-16)29-22(28-15-1-14-27-28)23(30-20-10-4-17(25)5-11-20)31-21-12-6-18(26)7-13-21/h1-15H. The molecule has 0 aliphatic heterocycles. The van der Waals surface area contributed by atoms with Crippen molar-refractivity contribution in [1.82, 2.24) is 9.78 Å². The number of benzene rings is 3. The monoisotopic (exact) mass is 520 g/mol. The van der Waals surface area contributed by atoms with E-state index in [4.69, 9.17) is 34.8 Å². The molecule has 0 aliphatic rings. The third-order valence-corrected chi connectivity index (χ3v) is 8.34. The zero-order valence-corrected chi connectivity index (χ0v) is 20.6. The molecule has 0 spiro atoms. The third-order valence-electron chi connectivity index (χ3n) is 3.96. The van der Waals surface area contributed by atoms with Crippen molar-refractivity contribution in [3.05, 3.63) is 111 Å². The molecule has 0 amide bonds. The van der Waals surface area contributed by atoms with E-state index in [1.165, 1.54) is 0 Å². The van der Waals surface area contributed by atoms with Crippen molar-refractivity contribution in [2.75, 3.05) is 0 Å². The lowest BCUT2D eigenvalue weighted by Crippen LogP contribution is -1.97. The quantitative estimate of drug-likeness (QED) is 0.225. The van der Waals surface area contributed by atoms with Gasteiger partial charge in [-0.2, -0.15) is 5.10 Å². The van der Waals surface area contributed by atoms with Crippen molar-refractivity contribution in [3.8, 4) is 0 Å². The first kappa shape index (κ1) is 22.7. The van der Waals surface area contributed by atoms with E-state index in [1.54, 1.807) is 41.5 Å². The molecule has 0 saturated carbocycles. The van der Waals surface area contributed by atoms with Gasteiger partial charge >= 0.3 is 0 Å². The molecule has 31 heavy (non-hydrogen) atoms. The maximum atomic E-state index is 6.09. The van der Waals surface area contributed by atoms with Crippen molar-refractivity contribution >= 4 is 75.1 Å². The van der Waals surface area contributed by atoms with Crippen molar-refractivity contribution in [2.24, 2.45) is 0 Å². The molecular formula is C23H15Cl3N2S3. The van der Waals surface area contributed by atoms with Gasteiger partial charge in [0.15, 0.2) is 0 Å². The summed E-state index contributed by atoms with van der Waals surface area (Å²) in [6.45, 7) is 0. The number of hydrogen-bond acceptors (Lipinski definition) is 4. The molecule has 8 heteroatoms. The highest BCUT2D eigenvalue weighted by Crippen LogP contribution is 2.47. The van der Waals surface area contributed by atoms with Gasteiger partial charge in [0.2, 0.25) is 0 Å². The molecule has 0 bridgehead atoms. The number of rotatable bonds is 7. The molecule has 4 rings (SSSR count). The smallest absolute Gasteiger partial charge is 0.123 e. The van der Waals surface area contributed by atoms with E-state index < -0.39 is 0 Å². The molecule has 1 heterocycles. The van der Waals surface area contributed by atoms with Gasteiger partial charge in [-0.3, -0.25) is 0 Å². The Bertz CT molecular complexity index is 1110. The average Bonchev–Trinajstić information content (AvgIpc) is 3.31. The summed E-state index contributed by atoms with van der Waals surface area (Å²) in [5, 5.41) is 7.63. The molecule has 3 aromatic carbocycles. The third kappa shape index (κ3) is 6.51. The van der Waals surface area contributed by atoms with Crippen molar-refractivity contribution < 1.29 is 0 Å². The Kier molecular flexibility index (Phi) is 7.99. The highest BCUT2D eigenvalue weighted by Gasteiger charge is 2.16. The lowest BCUT2D eigenvalue weighted by atomic mass is 10.4. The molecule has 2 nitrogen and oxygen atoms in total. The highest BCUT2D eigenvalue weighted by molar-refractivity contribution is 8.24. The van der Waals surface area contributed by atoms with E-state index in [9.17, 15) is 0 Å². The number of thioether (sulfide) groups is 3. The molecule has 1 aromatic heterocycles. The lowest BCUT2D eigenvalue weighted by Gasteiger charge is -2.15. The van der Waals surface area contributed by atoms with Crippen LogP contribution in [0.25, 0.3) is 5.03 Å². The Morgan fingerprint density at radius 3 is 1.42 bits per heavy atom. The minimum atomic E-state index is 0.709. The molecule has 156 valence electrons. The van der Waals surface area contributed by atoms with Crippen LogP contribution < -0.4 is 0 Å². The molecule has 0 N–H and O–H groups in total. The fourth-order valence-electron chi connectivity index (χ4n) is 2.51. The van der Waals surface area contributed by atoms with Crippen molar-refractivity contribution in [3.63, 3.8) is 0 Å². The van der Waals surface area contributed by atoms with Gasteiger partial charge in [-0.1, -0.05) is 70.1 Å². The van der Waals surface area contributed by atoms with E-state index in [1.807, 2.05) is 89.7 Å². The minimum Gasteiger partial charge on any atom is -0.232 e. The van der Waals surface area contributed by atoms with Crippen LogP contribution in [-0.2, 0) is 0 Å². The number of aromatic nitrogens is 2. The van der Waals surface area contributed by atoms with Crippen LogP contribution in [-0.4, -0.2) is 9.78 Å².